The highest BCUT2D eigenvalue weighted by molar-refractivity contribution is 6.47. The molecule has 0 spiro atoms. The van der Waals surface area contributed by atoms with Gasteiger partial charge >= 0.3 is 5.91 Å². The Hall–Kier alpha value is -2.01. The van der Waals surface area contributed by atoms with Crippen LogP contribution in [0.25, 0.3) is 5.57 Å². The van der Waals surface area contributed by atoms with Gasteiger partial charge in [-0.3, -0.25) is 9.59 Å². The molecule has 2 amide bonds. The minimum atomic E-state index is -0.827. The molecule has 0 unspecified atom stereocenters. The summed E-state index contributed by atoms with van der Waals surface area (Å²) in [5.74, 6) is -2.16. The molecule has 0 aliphatic carbocycles. The molecular formula is C17H10Cl3NO3. The summed E-state index contributed by atoms with van der Waals surface area (Å²) in [6, 6.07) is 9.26. The average molecular weight is 383 g/mol. The topological polar surface area (TPSA) is 57.6 Å². The number of carbonyl (C=O) groups is 2. The Balaban J connectivity index is 2.13. The normalized spacial score (nSPS) is 14.8. The SMILES string of the molecule is Cc1ccc(Cl)cc1N1C(=O)C(O)=C(c2ccc(Cl)cc2Cl)C1=O. The fraction of sp³-hybridized carbons (Fsp3) is 0.0588. The van der Waals surface area contributed by atoms with E-state index >= 15 is 0 Å². The Labute approximate surface area is 152 Å². The van der Waals surface area contributed by atoms with Gasteiger partial charge in [-0.05, 0) is 36.8 Å². The van der Waals surface area contributed by atoms with Crippen LogP contribution in [0.3, 0.4) is 0 Å². The number of halogens is 3. The first-order chi connectivity index (χ1) is 11.3. The van der Waals surface area contributed by atoms with Gasteiger partial charge in [-0.15, -0.1) is 0 Å². The number of carbonyl (C=O) groups excluding carboxylic acids is 2. The van der Waals surface area contributed by atoms with E-state index in [4.69, 9.17) is 34.8 Å². The van der Waals surface area contributed by atoms with Crippen LogP contribution in [0.15, 0.2) is 42.2 Å². The van der Waals surface area contributed by atoms with Gasteiger partial charge in [0.1, 0.15) is 0 Å². The van der Waals surface area contributed by atoms with Crippen LogP contribution in [0, 0.1) is 6.92 Å². The lowest BCUT2D eigenvalue weighted by Crippen LogP contribution is -2.32. The monoisotopic (exact) mass is 381 g/mol. The zero-order valence-corrected chi connectivity index (χ0v) is 14.6. The van der Waals surface area contributed by atoms with Crippen LogP contribution >= 0.6 is 34.8 Å². The van der Waals surface area contributed by atoms with Crippen molar-refractivity contribution >= 4 is 57.9 Å². The largest absolute Gasteiger partial charge is 0.502 e. The fourth-order valence-electron chi connectivity index (χ4n) is 2.50. The zero-order valence-electron chi connectivity index (χ0n) is 12.3. The van der Waals surface area contributed by atoms with Gasteiger partial charge in [-0.2, -0.15) is 0 Å². The maximum Gasteiger partial charge on any atom is 0.301 e. The summed E-state index contributed by atoms with van der Waals surface area (Å²) in [6.45, 7) is 1.73. The van der Waals surface area contributed by atoms with Gasteiger partial charge in [-0.1, -0.05) is 46.9 Å². The van der Waals surface area contributed by atoms with E-state index < -0.39 is 17.6 Å². The number of hydrogen-bond donors (Lipinski definition) is 1. The van der Waals surface area contributed by atoms with Crippen LogP contribution in [0.4, 0.5) is 5.69 Å². The predicted octanol–water partition coefficient (Wildman–Crippen LogP) is 4.80. The van der Waals surface area contributed by atoms with E-state index in [-0.39, 0.29) is 16.2 Å². The standard InChI is InChI=1S/C17H10Cl3NO3/c1-8-2-3-10(19)7-13(8)21-16(23)14(15(22)17(21)24)11-5-4-9(18)6-12(11)20/h2-7,22H,1H3. The van der Waals surface area contributed by atoms with Crippen LogP contribution in [0.1, 0.15) is 11.1 Å². The molecule has 2 aromatic carbocycles. The molecule has 0 bridgehead atoms. The molecule has 24 heavy (non-hydrogen) atoms. The number of rotatable bonds is 2. The quantitative estimate of drug-likeness (QED) is 0.759. The molecule has 7 heteroatoms. The molecule has 0 aromatic heterocycles. The third-order valence-corrected chi connectivity index (χ3v) is 4.45. The second-order valence-corrected chi connectivity index (χ2v) is 6.50. The Morgan fingerprint density at radius 3 is 2.21 bits per heavy atom. The van der Waals surface area contributed by atoms with Crippen LogP contribution in [-0.2, 0) is 9.59 Å². The van der Waals surface area contributed by atoms with Gasteiger partial charge in [0, 0.05) is 15.6 Å². The van der Waals surface area contributed by atoms with E-state index in [9.17, 15) is 14.7 Å². The number of aryl methyl sites for hydroxylation is 1. The van der Waals surface area contributed by atoms with Gasteiger partial charge in [0.15, 0.2) is 5.76 Å². The number of aliphatic hydroxyl groups is 1. The highest BCUT2D eigenvalue weighted by Gasteiger charge is 2.41. The minimum absolute atomic E-state index is 0.162. The highest BCUT2D eigenvalue weighted by atomic mass is 35.5. The zero-order chi connectivity index (χ0) is 17.6. The lowest BCUT2D eigenvalue weighted by atomic mass is 10.1. The van der Waals surface area contributed by atoms with Crippen molar-refractivity contribution in [1.29, 1.82) is 0 Å². The Bertz CT molecular complexity index is 921. The summed E-state index contributed by atoms with van der Waals surface area (Å²) in [4.78, 5) is 26.1. The van der Waals surface area contributed by atoms with Crippen LogP contribution in [0.5, 0.6) is 0 Å². The second-order valence-electron chi connectivity index (χ2n) is 5.22. The van der Waals surface area contributed by atoms with Crippen molar-refractivity contribution in [3.63, 3.8) is 0 Å². The van der Waals surface area contributed by atoms with E-state index in [2.05, 4.69) is 0 Å². The fourth-order valence-corrected chi connectivity index (χ4v) is 3.16. The lowest BCUT2D eigenvalue weighted by Gasteiger charge is -2.17. The van der Waals surface area contributed by atoms with Crippen molar-refractivity contribution in [3.05, 3.63) is 68.4 Å². The molecular weight excluding hydrogens is 373 g/mol. The Morgan fingerprint density at radius 1 is 0.917 bits per heavy atom. The molecule has 0 saturated carbocycles. The third kappa shape index (κ3) is 2.67. The molecule has 2 aromatic rings. The van der Waals surface area contributed by atoms with Crippen LogP contribution in [0.2, 0.25) is 15.1 Å². The molecule has 4 nitrogen and oxygen atoms in total. The van der Waals surface area contributed by atoms with E-state index in [1.165, 1.54) is 24.3 Å². The van der Waals surface area contributed by atoms with Crippen molar-refractivity contribution in [2.24, 2.45) is 0 Å². The number of amides is 2. The lowest BCUT2D eigenvalue weighted by molar-refractivity contribution is -0.121. The maximum absolute atomic E-state index is 12.8. The van der Waals surface area contributed by atoms with E-state index in [1.807, 2.05) is 0 Å². The van der Waals surface area contributed by atoms with Crippen LogP contribution in [-0.4, -0.2) is 16.9 Å². The highest BCUT2D eigenvalue weighted by Crippen LogP contribution is 2.37. The summed E-state index contributed by atoms with van der Waals surface area (Å²) in [7, 11) is 0. The van der Waals surface area contributed by atoms with E-state index in [0.717, 1.165) is 4.90 Å². The number of imide groups is 1. The molecule has 0 atom stereocenters. The third-order valence-electron chi connectivity index (χ3n) is 3.67. The average Bonchev–Trinajstić information content (AvgIpc) is 2.73. The predicted molar refractivity (Wildman–Crippen MR) is 94.7 cm³/mol. The minimum Gasteiger partial charge on any atom is -0.502 e. The van der Waals surface area contributed by atoms with Crippen LogP contribution < -0.4 is 4.90 Å². The summed E-state index contributed by atoms with van der Waals surface area (Å²) >= 11 is 17.9. The molecule has 122 valence electrons. The number of nitrogens with zero attached hydrogens (tertiary/aromatic N) is 1. The maximum atomic E-state index is 12.8. The van der Waals surface area contributed by atoms with Gasteiger partial charge in [-0.25, -0.2) is 4.90 Å². The van der Waals surface area contributed by atoms with Gasteiger partial charge in [0.2, 0.25) is 0 Å². The van der Waals surface area contributed by atoms with Gasteiger partial charge in [0.25, 0.3) is 5.91 Å². The molecule has 1 N–H and O–H groups in total. The summed E-state index contributed by atoms with van der Waals surface area (Å²) in [5.41, 5.74) is 1.04. The number of aliphatic hydroxyl groups excluding tert-OH is 1. The number of hydrogen-bond acceptors (Lipinski definition) is 3. The van der Waals surface area contributed by atoms with Gasteiger partial charge < -0.3 is 5.11 Å². The van der Waals surface area contributed by atoms with Crippen molar-refractivity contribution in [2.45, 2.75) is 6.92 Å². The van der Waals surface area contributed by atoms with E-state index in [1.54, 1.807) is 19.1 Å². The van der Waals surface area contributed by atoms with Crippen molar-refractivity contribution in [3.8, 4) is 0 Å². The van der Waals surface area contributed by atoms with Crippen molar-refractivity contribution in [1.82, 2.24) is 0 Å². The summed E-state index contributed by atoms with van der Waals surface area (Å²) in [5, 5.41) is 11.1. The number of anilines is 1. The molecule has 0 saturated heterocycles. The molecule has 0 radical (unpaired) electrons. The molecule has 3 rings (SSSR count). The first-order valence-corrected chi connectivity index (χ1v) is 7.98. The van der Waals surface area contributed by atoms with Gasteiger partial charge in [0.05, 0.1) is 16.3 Å². The molecule has 1 heterocycles. The Kier molecular flexibility index (Phi) is 4.30. The second kappa shape index (κ2) is 6.13. The Morgan fingerprint density at radius 2 is 1.54 bits per heavy atom. The molecule has 1 aliphatic heterocycles. The molecule has 1 aliphatic rings. The number of benzene rings is 2. The summed E-state index contributed by atoms with van der Waals surface area (Å²) < 4.78 is 0. The van der Waals surface area contributed by atoms with Crippen molar-refractivity contribution < 1.29 is 14.7 Å². The first kappa shape index (κ1) is 16.8. The first-order valence-electron chi connectivity index (χ1n) is 6.85. The summed E-state index contributed by atoms with van der Waals surface area (Å²) in [6.07, 6.45) is 0. The smallest absolute Gasteiger partial charge is 0.301 e. The van der Waals surface area contributed by atoms with E-state index in [0.29, 0.717) is 21.3 Å². The molecule has 0 fully saturated rings. The van der Waals surface area contributed by atoms with Crippen molar-refractivity contribution in [2.75, 3.05) is 4.90 Å².